The summed E-state index contributed by atoms with van der Waals surface area (Å²) in [6.45, 7) is 3.26. The maximum atomic E-state index is 12.6. The molecule has 1 aromatic carbocycles. The number of nitrogens with zero attached hydrogens (tertiary/aromatic N) is 2. The lowest BCUT2D eigenvalue weighted by atomic mass is 10.2. The van der Waals surface area contributed by atoms with Gasteiger partial charge in [-0.1, -0.05) is 23.6 Å². The fraction of sp³-hybridized carbons (Fsp3) is 0.381. The molecule has 0 unspecified atom stereocenters. The Balaban J connectivity index is 1.89. The van der Waals surface area contributed by atoms with Gasteiger partial charge < -0.3 is 14.6 Å². The predicted octanol–water partition coefficient (Wildman–Crippen LogP) is 2.44. The van der Waals surface area contributed by atoms with Gasteiger partial charge in [0, 0.05) is 5.75 Å². The summed E-state index contributed by atoms with van der Waals surface area (Å²) < 4.78 is 33.4. The molecule has 30 heavy (non-hydrogen) atoms. The Kier molecular flexibility index (Phi) is 9.30. The van der Waals surface area contributed by atoms with Gasteiger partial charge in [0.2, 0.25) is 5.96 Å². The number of furan rings is 1. The van der Waals surface area contributed by atoms with Crippen LogP contribution in [0, 0.1) is 19.3 Å². The molecule has 1 aromatic heterocycles. The van der Waals surface area contributed by atoms with Crippen molar-refractivity contribution in [3.8, 4) is 12.3 Å². The smallest absolute Gasteiger partial charge is 0.264 e. The van der Waals surface area contributed by atoms with Crippen molar-refractivity contribution in [1.82, 2.24) is 14.9 Å². The number of guanidine groups is 1. The number of thioether (sulfide) groups is 1. The summed E-state index contributed by atoms with van der Waals surface area (Å²) in [5.41, 5.74) is 0.982. The third kappa shape index (κ3) is 8.14. The molecule has 0 fully saturated rings. The average molecular weight is 449 g/mol. The summed E-state index contributed by atoms with van der Waals surface area (Å²) in [7, 11) is 0.250. The zero-order chi connectivity index (χ0) is 22.0. The molecule has 0 aliphatic rings. The van der Waals surface area contributed by atoms with Crippen LogP contribution in [0.2, 0.25) is 0 Å². The van der Waals surface area contributed by atoms with Crippen LogP contribution in [0.15, 0.2) is 50.7 Å². The Morgan fingerprint density at radius 1 is 1.20 bits per heavy atom. The molecule has 2 aromatic rings. The third-order valence-corrected chi connectivity index (χ3v) is 6.17. The van der Waals surface area contributed by atoms with E-state index in [9.17, 15) is 8.42 Å². The molecule has 0 saturated carbocycles. The summed E-state index contributed by atoms with van der Waals surface area (Å²) in [6, 6.07) is 10.6. The van der Waals surface area contributed by atoms with Crippen LogP contribution in [0.4, 0.5) is 0 Å². The lowest BCUT2D eigenvalue weighted by molar-refractivity contribution is 0.344. The standard InChI is InChI=1S/C21H28N4O3S2/c1-5-12-22-21(24-30(26,27)20-10-6-17(2)7-11-20)23-13-14-29-16-19-9-8-18(28-19)15-25(3)4/h1,6-11H,12-16H2,2-4H3,(H2,22,23,24). The van der Waals surface area contributed by atoms with Gasteiger partial charge >= 0.3 is 0 Å². The molecule has 2 rings (SSSR count). The van der Waals surface area contributed by atoms with Gasteiger partial charge in [-0.05, 0) is 45.3 Å². The van der Waals surface area contributed by atoms with Crippen molar-refractivity contribution in [3.05, 3.63) is 53.5 Å². The molecule has 0 spiro atoms. The molecule has 162 valence electrons. The number of sulfonamides is 1. The highest BCUT2D eigenvalue weighted by Crippen LogP contribution is 2.16. The van der Waals surface area contributed by atoms with Crippen molar-refractivity contribution in [2.75, 3.05) is 32.9 Å². The quantitative estimate of drug-likeness (QED) is 0.251. The average Bonchev–Trinajstić information content (AvgIpc) is 3.12. The van der Waals surface area contributed by atoms with E-state index in [1.54, 1.807) is 36.0 Å². The molecule has 0 saturated heterocycles. The molecular weight excluding hydrogens is 420 g/mol. The van der Waals surface area contributed by atoms with E-state index in [0.29, 0.717) is 12.3 Å². The number of nitrogens with one attached hydrogen (secondary N) is 2. The van der Waals surface area contributed by atoms with E-state index in [-0.39, 0.29) is 17.4 Å². The van der Waals surface area contributed by atoms with E-state index in [2.05, 4.69) is 21.0 Å². The Morgan fingerprint density at radius 2 is 1.90 bits per heavy atom. The van der Waals surface area contributed by atoms with Gasteiger partial charge in [-0.3, -0.25) is 4.99 Å². The zero-order valence-corrected chi connectivity index (χ0v) is 19.1. The number of aliphatic imine (C=N–C) groups is 1. The van der Waals surface area contributed by atoms with Crippen LogP contribution >= 0.6 is 11.8 Å². The van der Waals surface area contributed by atoms with E-state index in [4.69, 9.17) is 10.8 Å². The first-order valence-corrected chi connectivity index (χ1v) is 12.1. The van der Waals surface area contributed by atoms with Crippen LogP contribution in [-0.4, -0.2) is 52.2 Å². The molecule has 2 N–H and O–H groups in total. The van der Waals surface area contributed by atoms with E-state index in [1.807, 2.05) is 38.1 Å². The van der Waals surface area contributed by atoms with Crippen LogP contribution in [0.3, 0.4) is 0 Å². The van der Waals surface area contributed by atoms with Crippen LogP contribution in [0.1, 0.15) is 17.1 Å². The fourth-order valence-corrected chi connectivity index (χ4v) is 4.18. The van der Waals surface area contributed by atoms with Crippen LogP contribution in [-0.2, 0) is 22.3 Å². The van der Waals surface area contributed by atoms with Gasteiger partial charge in [-0.25, -0.2) is 13.1 Å². The van der Waals surface area contributed by atoms with Crippen LogP contribution in [0.5, 0.6) is 0 Å². The fourth-order valence-electron chi connectivity index (χ4n) is 2.45. The first-order chi connectivity index (χ1) is 14.3. The van der Waals surface area contributed by atoms with Crippen LogP contribution in [0.25, 0.3) is 0 Å². The lowest BCUT2D eigenvalue weighted by Crippen LogP contribution is -2.41. The second kappa shape index (κ2) is 11.7. The first-order valence-electron chi connectivity index (χ1n) is 9.41. The summed E-state index contributed by atoms with van der Waals surface area (Å²) in [5, 5.41) is 2.83. The Hall–Kier alpha value is -2.41. The molecule has 1 heterocycles. The Bertz CT molecular complexity index is 974. The number of terminal acetylenes is 1. The predicted molar refractivity (Wildman–Crippen MR) is 123 cm³/mol. The van der Waals surface area contributed by atoms with Crippen molar-refractivity contribution in [2.24, 2.45) is 4.99 Å². The van der Waals surface area contributed by atoms with Crippen molar-refractivity contribution in [3.63, 3.8) is 0 Å². The van der Waals surface area contributed by atoms with E-state index in [0.717, 1.165) is 29.4 Å². The van der Waals surface area contributed by atoms with E-state index < -0.39 is 10.0 Å². The largest absolute Gasteiger partial charge is 0.464 e. The van der Waals surface area contributed by atoms with Crippen molar-refractivity contribution in [2.45, 2.75) is 24.1 Å². The lowest BCUT2D eigenvalue weighted by Gasteiger charge is -2.12. The monoisotopic (exact) mass is 448 g/mol. The first kappa shape index (κ1) is 23.9. The summed E-state index contributed by atoms with van der Waals surface area (Å²) >= 11 is 1.66. The summed E-state index contributed by atoms with van der Waals surface area (Å²) in [4.78, 5) is 6.55. The minimum absolute atomic E-state index is 0.139. The molecule has 7 nitrogen and oxygen atoms in total. The Labute approximate surface area is 183 Å². The van der Waals surface area contributed by atoms with E-state index in [1.165, 1.54) is 0 Å². The third-order valence-electron chi connectivity index (χ3n) is 3.86. The van der Waals surface area contributed by atoms with Gasteiger partial charge in [0.25, 0.3) is 10.0 Å². The molecular formula is C21H28N4O3S2. The topological polar surface area (TPSA) is 86.9 Å². The number of rotatable bonds is 10. The maximum absolute atomic E-state index is 12.6. The molecule has 0 amide bonds. The SMILES string of the molecule is C#CCN/C(=N/CCSCc1ccc(CN(C)C)o1)NS(=O)(=O)c1ccc(C)cc1. The molecule has 0 aliphatic heterocycles. The Morgan fingerprint density at radius 3 is 2.57 bits per heavy atom. The molecule has 0 aliphatic carbocycles. The van der Waals surface area contributed by atoms with Gasteiger partial charge in [0.05, 0.1) is 30.3 Å². The molecule has 0 radical (unpaired) electrons. The second-order valence-corrected chi connectivity index (χ2v) is 9.65. The summed E-state index contributed by atoms with van der Waals surface area (Å²) in [6.07, 6.45) is 5.28. The second-order valence-electron chi connectivity index (χ2n) is 6.86. The minimum Gasteiger partial charge on any atom is -0.464 e. The van der Waals surface area contributed by atoms with Crippen molar-refractivity contribution >= 4 is 27.7 Å². The highest BCUT2D eigenvalue weighted by Gasteiger charge is 2.15. The summed E-state index contributed by atoms with van der Waals surface area (Å²) in [5.74, 6) is 5.83. The van der Waals surface area contributed by atoms with Crippen molar-refractivity contribution < 1.29 is 12.8 Å². The number of hydrogen-bond donors (Lipinski definition) is 2. The maximum Gasteiger partial charge on any atom is 0.264 e. The van der Waals surface area contributed by atoms with Gasteiger partial charge in [-0.15, -0.1) is 6.42 Å². The van der Waals surface area contributed by atoms with Gasteiger partial charge in [0.1, 0.15) is 11.5 Å². The van der Waals surface area contributed by atoms with Gasteiger partial charge in [0.15, 0.2) is 0 Å². The number of aryl methyl sites for hydroxylation is 1. The highest BCUT2D eigenvalue weighted by molar-refractivity contribution is 7.98. The number of benzene rings is 1. The zero-order valence-electron chi connectivity index (χ0n) is 17.5. The molecule has 9 heteroatoms. The number of hydrogen-bond acceptors (Lipinski definition) is 6. The van der Waals surface area contributed by atoms with Crippen LogP contribution < -0.4 is 10.0 Å². The molecule has 0 atom stereocenters. The molecule has 0 bridgehead atoms. The van der Waals surface area contributed by atoms with Gasteiger partial charge in [-0.2, -0.15) is 11.8 Å². The van der Waals surface area contributed by atoms with Crippen molar-refractivity contribution in [1.29, 1.82) is 0 Å². The normalized spacial score (nSPS) is 12.0. The van der Waals surface area contributed by atoms with E-state index >= 15 is 0 Å². The highest BCUT2D eigenvalue weighted by atomic mass is 32.2. The minimum atomic E-state index is -3.74.